The lowest BCUT2D eigenvalue weighted by molar-refractivity contribution is 0.0741. The van der Waals surface area contributed by atoms with Crippen molar-refractivity contribution in [2.45, 2.75) is 99.3 Å². The zero-order valence-electron chi connectivity index (χ0n) is 17.0. The molecular formula is C23H44. The van der Waals surface area contributed by atoms with Gasteiger partial charge < -0.3 is 0 Å². The van der Waals surface area contributed by atoms with Crippen LogP contribution in [0.1, 0.15) is 99.3 Å². The summed E-state index contributed by atoms with van der Waals surface area (Å²) in [5.74, 6) is 7.77. The topological polar surface area (TPSA) is 0 Å². The van der Waals surface area contributed by atoms with E-state index in [4.69, 9.17) is 0 Å². The van der Waals surface area contributed by atoms with Gasteiger partial charge in [-0.3, -0.25) is 0 Å². The third kappa shape index (κ3) is 4.76. The summed E-state index contributed by atoms with van der Waals surface area (Å²) in [5, 5.41) is 0. The van der Waals surface area contributed by atoms with Crippen LogP contribution >= 0.6 is 0 Å². The molecule has 0 aromatic heterocycles. The van der Waals surface area contributed by atoms with Crippen molar-refractivity contribution in [1.82, 2.24) is 0 Å². The second-order valence-corrected chi connectivity index (χ2v) is 9.70. The van der Waals surface area contributed by atoms with Gasteiger partial charge in [-0.1, -0.05) is 92.9 Å². The fourth-order valence-corrected chi connectivity index (χ4v) is 6.81. The van der Waals surface area contributed by atoms with Crippen LogP contribution in [0.25, 0.3) is 0 Å². The van der Waals surface area contributed by atoms with Crippen LogP contribution in [0.15, 0.2) is 0 Å². The molecule has 2 aliphatic rings. The highest BCUT2D eigenvalue weighted by atomic mass is 14.4. The molecule has 136 valence electrons. The highest BCUT2D eigenvalue weighted by Crippen LogP contribution is 2.45. The molecule has 7 atom stereocenters. The van der Waals surface area contributed by atoms with Crippen LogP contribution in [-0.4, -0.2) is 0 Å². The van der Waals surface area contributed by atoms with E-state index in [9.17, 15) is 0 Å². The van der Waals surface area contributed by atoms with Crippen molar-refractivity contribution in [2.24, 2.45) is 47.3 Å². The van der Waals surface area contributed by atoms with Gasteiger partial charge in [0.05, 0.1) is 0 Å². The van der Waals surface area contributed by atoms with Gasteiger partial charge in [0.2, 0.25) is 0 Å². The van der Waals surface area contributed by atoms with Crippen LogP contribution in [0, 0.1) is 47.3 Å². The highest BCUT2D eigenvalue weighted by Gasteiger charge is 2.36. The van der Waals surface area contributed by atoms with Crippen molar-refractivity contribution in [2.75, 3.05) is 0 Å². The average Bonchev–Trinajstić information content (AvgIpc) is 2.51. The van der Waals surface area contributed by atoms with Gasteiger partial charge in [-0.25, -0.2) is 0 Å². The summed E-state index contributed by atoms with van der Waals surface area (Å²) < 4.78 is 0. The normalized spacial score (nSPS) is 40.3. The first-order chi connectivity index (χ1) is 11.0. The SMILES string of the molecule is CCC1CCCC(C)C1C(C)CCC1CCCC(C)C1C(C)C. The fraction of sp³-hybridized carbons (Fsp3) is 1.00. The van der Waals surface area contributed by atoms with E-state index >= 15 is 0 Å². The predicted molar refractivity (Wildman–Crippen MR) is 104 cm³/mol. The maximum Gasteiger partial charge on any atom is -0.0334 e. The largest absolute Gasteiger partial charge is 0.0651 e. The van der Waals surface area contributed by atoms with Crippen molar-refractivity contribution < 1.29 is 0 Å². The van der Waals surface area contributed by atoms with E-state index in [2.05, 4.69) is 41.5 Å². The molecule has 2 rings (SSSR count). The Morgan fingerprint density at radius 2 is 1.35 bits per heavy atom. The summed E-state index contributed by atoms with van der Waals surface area (Å²) in [5.41, 5.74) is 0. The first kappa shape index (κ1) is 19.3. The van der Waals surface area contributed by atoms with Crippen LogP contribution in [0.5, 0.6) is 0 Å². The van der Waals surface area contributed by atoms with Gasteiger partial charge in [-0.2, -0.15) is 0 Å². The van der Waals surface area contributed by atoms with Gasteiger partial charge in [0, 0.05) is 0 Å². The van der Waals surface area contributed by atoms with E-state index in [0.29, 0.717) is 0 Å². The van der Waals surface area contributed by atoms with E-state index in [0.717, 1.165) is 47.3 Å². The molecule has 0 aliphatic heterocycles. The van der Waals surface area contributed by atoms with Crippen LogP contribution in [0.4, 0.5) is 0 Å². The lowest BCUT2D eigenvalue weighted by Crippen LogP contribution is -2.34. The number of rotatable bonds is 6. The van der Waals surface area contributed by atoms with Crippen LogP contribution < -0.4 is 0 Å². The average molecular weight is 321 g/mol. The Bertz CT molecular complexity index is 331. The summed E-state index contributed by atoms with van der Waals surface area (Å²) in [6, 6.07) is 0. The third-order valence-corrected chi connectivity index (χ3v) is 7.82. The van der Waals surface area contributed by atoms with Crippen molar-refractivity contribution in [3.8, 4) is 0 Å². The van der Waals surface area contributed by atoms with Crippen molar-refractivity contribution in [1.29, 1.82) is 0 Å². The molecule has 2 fully saturated rings. The molecule has 2 saturated carbocycles. The van der Waals surface area contributed by atoms with Crippen LogP contribution in [0.2, 0.25) is 0 Å². The summed E-state index contributed by atoms with van der Waals surface area (Å²) >= 11 is 0. The highest BCUT2D eigenvalue weighted by molar-refractivity contribution is 4.86. The molecule has 0 radical (unpaired) electrons. The smallest absolute Gasteiger partial charge is 0.0334 e. The first-order valence-electron chi connectivity index (χ1n) is 11.0. The molecule has 7 unspecified atom stereocenters. The molecule has 0 nitrogen and oxygen atoms in total. The van der Waals surface area contributed by atoms with Gasteiger partial charge in [0.1, 0.15) is 0 Å². The fourth-order valence-electron chi connectivity index (χ4n) is 6.81. The minimum Gasteiger partial charge on any atom is -0.0651 e. The maximum atomic E-state index is 2.59. The monoisotopic (exact) mass is 320 g/mol. The van der Waals surface area contributed by atoms with Crippen molar-refractivity contribution in [3.63, 3.8) is 0 Å². The van der Waals surface area contributed by atoms with Crippen molar-refractivity contribution >= 4 is 0 Å². The standard InChI is InChI=1S/C23H44/c1-7-20-12-8-11-18(5)23(20)19(6)14-15-21-13-9-10-17(4)22(21)16(2)3/h16-23H,7-15H2,1-6H3. The molecule has 0 N–H and O–H groups in total. The Labute approximate surface area is 147 Å². The molecule has 0 heteroatoms. The zero-order chi connectivity index (χ0) is 17.0. The molecule has 0 spiro atoms. The Kier molecular flexibility index (Phi) is 7.49. The predicted octanol–water partition coefficient (Wildman–Crippen LogP) is 7.57. The van der Waals surface area contributed by atoms with E-state index in [1.165, 1.54) is 57.8 Å². The van der Waals surface area contributed by atoms with E-state index in [1.54, 1.807) is 0 Å². The van der Waals surface area contributed by atoms with Crippen molar-refractivity contribution in [3.05, 3.63) is 0 Å². The first-order valence-corrected chi connectivity index (χ1v) is 11.0. The Hall–Kier alpha value is 0. The summed E-state index contributed by atoms with van der Waals surface area (Å²) in [6.45, 7) is 15.0. The molecule has 0 bridgehead atoms. The summed E-state index contributed by atoms with van der Waals surface area (Å²) in [4.78, 5) is 0. The molecular weight excluding hydrogens is 276 g/mol. The van der Waals surface area contributed by atoms with Gasteiger partial charge in [-0.15, -0.1) is 0 Å². The lowest BCUT2D eigenvalue weighted by Gasteiger charge is -2.43. The lowest BCUT2D eigenvalue weighted by atomic mass is 9.63. The van der Waals surface area contributed by atoms with Gasteiger partial charge in [0.15, 0.2) is 0 Å². The second kappa shape index (κ2) is 8.91. The number of hydrogen-bond donors (Lipinski definition) is 0. The second-order valence-electron chi connectivity index (χ2n) is 9.70. The van der Waals surface area contributed by atoms with Gasteiger partial charge >= 0.3 is 0 Å². The summed E-state index contributed by atoms with van der Waals surface area (Å²) in [6.07, 6.45) is 13.4. The molecule has 23 heavy (non-hydrogen) atoms. The van der Waals surface area contributed by atoms with Gasteiger partial charge in [0.25, 0.3) is 0 Å². The Balaban J connectivity index is 1.92. The zero-order valence-corrected chi connectivity index (χ0v) is 17.0. The Morgan fingerprint density at radius 1 is 0.783 bits per heavy atom. The minimum absolute atomic E-state index is 0.877. The molecule has 0 aromatic rings. The number of hydrogen-bond acceptors (Lipinski definition) is 0. The molecule has 0 amide bonds. The maximum absolute atomic E-state index is 2.59. The summed E-state index contributed by atoms with van der Waals surface area (Å²) in [7, 11) is 0. The van der Waals surface area contributed by atoms with Gasteiger partial charge in [-0.05, 0) is 53.8 Å². The molecule has 0 heterocycles. The van der Waals surface area contributed by atoms with Crippen LogP contribution in [0.3, 0.4) is 0 Å². The molecule has 0 aromatic carbocycles. The van der Waals surface area contributed by atoms with E-state index in [1.807, 2.05) is 0 Å². The Morgan fingerprint density at radius 3 is 1.91 bits per heavy atom. The molecule has 2 aliphatic carbocycles. The minimum atomic E-state index is 0.877. The quantitative estimate of drug-likeness (QED) is 0.473. The third-order valence-electron chi connectivity index (χ3n) is 7.82. The van der Waals surface area contributed by atoms with Crippen LogP contribution in [-0.2, 0) is 0 Å². The molecule has 0 saturated heterocycles. The van der Waals surface area contributed by atoms with E-state index < -0.39 is 0 Å². The van der Waals surface area contributed by atoms with E-state index in [-0.39, 0.29) is 0 Å².